The van der Waals surface area contributed by atoms with E-state index in [1.807, 2.05) is 6.07 Å². The van der Waals surface area contributed by atoms with Crippen LogP contribution in [0.25, 0.3) is 11.8 Å². The Bertz CT molecular complexity index is 1040. The second kappa shape index (κ2) is 8.81. The minimum absolute atomic E-state index is 0.119. The van der Waals surface area contributed by atoms with Gasteiger partial charge < -0.3 is 9.47 Å². The van der Waals surface area contributed by atoms with Crippen molar-refractivity contribution < 1.29 is 14.3 Å². The molecule has 144 valence electrons. The number of benzene rings is 1. The highest BCUT2D eigenvalue weighted by Gasteiger charge is 2.19. The molecule has 0 N–H and O–H groups in total. The minimum atomic E-state index is -0.656. The minimum Gasteiger partial charge on any atom is -0.497 e. The zero-order valence-electron chi connectivity index (χ0n) is 15.0. The first-order valence-electron chi connectivity index (χ1n) is 8.07. The fourth-order valence-corrected chi connectivity index (χ4v) is 2.64. The van der Waals surface area contributed by atoms with Crippen molar-refractivity contribution in [3.63, 3.8) is 0 Å². The number of tetrazole rings is 1. The summed E-state index contributed by atoms with van der Waals surface area (Å²) in [6.45, 7) is 1.51. The lowest BCUT2D eigenvalue weighted by atomic mass is 10.2. The molecule has 2 aromatic heterocycles. The van der Waals surface area contributed by atoms with E-state index in [9.17, 15) is 4.79 Å². The lowest BCUT2D eigenvalue weighted by molar-refractivity contribution is -0.138. The molecule has 0 aliphatic carbocycles. The molecule has 0 saturated heterocycles. The summed E-state index contributed by atoms with van der Waals surface area (Å²) in [5.74, 6) is 0.408. The number of pyridine rings is 1. The van der Waals surface area contributed by atoms with E-state index in [2.05, 4.69) is 20.5 Å². The summed E-state index contributed by atoms with van der Waals surface area (Å²) < 4.78 is 11.9. The summed E-state index contributed by atoms with van der Waals surface area (Å²) in [5.41, 5.74) is 1.17. The van der Waals surface area contributed by atoms with Crippen molar-refractivity contribution in [2.45, 2.75) is 13.5 Å². The molecule has 0 bridgehead atoms. The largest absolute Gasteiger partial charge is 0.497 e. The first kappa shape index (κ1) is 19.8. The van der Waals surface area contributed by atoms with Gasteiger partial charge in [0.1, 0.15) is 17.5 Å². The maximum Gasteiger partial charge on any atom is 0.357 e. The summed E-state index contributed by atoms with van der Waals surface area (Å²) in [6.07, 6.45) is 1.60. The first-order chi connectivity index (χ1) is 13.5. The van der Waals surface area contributed by atoms with Gasteiger partial charge in [-0.05, 0) is 53.3 Å². The van der Waals surface area contributed by atoms with Gasteiger partial charge in [0.15, 0.2) is 11.5 Å². The van der Waals surface area contributed by atoms with E-state index in [0.29, 0.717) is 27.9 Å². The quantitative estimate of drug-likeness (QED) is 0.343. The van der Waals surface area contributed by atoms with E-state index in [-0.39, 0.29) is 17.5 Å². The summed E-state index contributed by atoms with van der Waals surface area (Å²) in [4.78, 5) is 16.8. The van der Waals surface area contributed by atoms with Crippen LogP contribution in [0.5, 0.6) is 5.75 Å². The molecule has 0 aliphatic rings. The van der Waals surface area contributed by atoms with Crippen LogP contribution in [0.1, 0.15) is 17.1 Å². The maximum absolute atomic E-state index is 12.8. The molecule has 1 aromatic carbocycles. The zero-order chi connectivity index (χ0) is 20.1. The van der Waals surface area contributed by atoms with Gasteiger partial charge in [-0.15, -0.1) is 5.10 Å². The molecule has 0 unspecified atom stereocenters. The molecule has 28 heavy (non-hydrogen) atoms. The van der Waals surface area contributed by atoms with Crippen molar-refractivity contribution >= 4 is 40.9 Å². The number of ether oxygens (including phenoxy) is 2. The molecule has 8 nitrogen and oxygen atoms in total. The molecule has 10 heteroatoms. The van der Waals surface area contributed by atoms with Crippen molar-refractivity contribution in [3.8, 4) is 5.75 Å². The molecule has 0 aliphatic heterocycles. The van der Waals surface area contributed by atoms with Gasteiger partial charge >= 0.3 is 5.97 Å². The lowest BCUT2D eigenvalue weighted by Crippen LogP contribution is -2.15. The summed E-state index contributed by atoms with van der Waals surface area (Å²) in [6, 6.07) is 10.3. The number of aryl methyl sites for hydroxylation is 1. The number of nitrogens with zero attached hydrogens (tertiary/aromatic N) is 5. The molecule has 0 amide bonds. The highest BCUT2D eigenvalue weighted by Crippen LogP contribution is 2.21. The van der Waals surface area contributed by atoms with Gasteiger partial charge in [0.2, 0.25) is 0 Å². The van der Waals surface area contributed by atoms with E-state index in [0.717, 1.165) is 0 Å². The van der Waals surface area contributed by atoms with Gasteiger partial charge in [0, 0.05) is 0 Å². The van der Waals surface area contributed by atoms with Gasteiger partial charge in [-0.3, -0.25) is 0 Å². The number of hydrogen-bond donors (Lipinski definition) is 0. The van der Waals surface area contributed by atoms with Crippen LogP contribution in [0, 0.1) is 6.92 Å². The van der Waals surface area contributed by atoms with Crippen LogP contribution in [0.15, 0.2) is 36.4 Å². The average molecular weight is 420 g/mol. The van der Waals surface area contributed by atoms with Crippen LogP contribution in [0.2, 0.25) is 10.2 Å². The number of halogens is 2. The second-order valence-corrected chi connectivity index (χ2v) is 6.38. The first-order valence-corrected chi connectivity index (χ1v) is 8.82. The normalized spacial score (nSPS) is 11.4. The third-order valence-corrected chi connectivity index (χ3v) is 4.24. The van der Waals surface area contributed by atoms with Crippen molar-refractivity contribution in [1.82, 2.24) is 25.2 Å². The Labute approximate surface area is 170 Å². The van der Waals surface area contributed by atoms with E-state index < -0.39 is 5.97 Å². The molecule has 0 spiro atoms. The van der Waals surface area contributed by atoms with Crippen LogP contribution in [0.3, 0.4) is 0 Å². The Morgan fingerprint density at radius 2 is 2.07 bits per heavy atom. The Morgan fingerprint density at radius 1 is 1.25 bits per heavy atom. The Morgan fingerprint density at radius 3 is 2.79 bits per heavy atom. The molecule has 0 atom stereocenters. The molecule has 0 radical (unpaired) electrons. The maximum atomic E-state index is 12.8. The zero-order valence-corrected chi connectivity index (χ0v) is 16.5. The Kier molecular flexibility index (Phi) is 6.23. The van der Waals surface area contributed by atoms with Crippen molar-refractivity contribution in [1.29, 1.82) is 0 Å². The van der Waals surface area contributed by atoms with E-state index in [4.69, 9.17) is 32.7 Å². The number of esters is 1. The highest BCUT2D eigenvalue weighted by molar-refractivity contribution is 6.32. The molecule has 3 rings (SSSR count). The van der Waals surface area contributed by atoms with Gasteiger partial charge in [0.25, 0.3) is 0 Å². The molecule has 3 aromatic rings. The second-order valence-electron chi connectivity index (χ2n) is 5.58. The van der Waals surface area contributed by atoms with Gasteiger partial charge in [-0.1, -0.05) is 35.3 Å². The highest BCUT2D eigenvalue weighted by atomic mass is 35.5. The lowest BCUT2D eigenvalue weighted by Gasteiger charge is -2.10. The standard InChI is InChI=1S/C18H15Cl2N5O3/c1-11-22-23-24-25(11)16(9-12-4-3-5-13(8-12)27-2)18(26)28-10-15-14(19)6-7-17(20)21-15/h3-9H,10H2,1-2H3. The summed E-state index contributed by atoms with van der Waals surface area (Å²) >= 11 is 11.9. The number of hydrogen-bond acceptors (Lipinski definition) is 7. The van der Waals surface area contributed by atoms with E-state index in [1.54, 1.807) is 50.4 Å². The number of rotatable bonds is 6. The van der Waals surface area contributed by atoms with Gasteiger partial charge in [0.05, 0.1) is 17.8 Å². The summed E-state index contributed by atoms with van der Waals surface area (Å²) in [7, 11) is 1.56. The number of carbonyl (C=O) groups excluding carboxylic acids is 1. The molecule has 2 heterocycles. The van der Waals surface area contributed by atoms with Crippen molar-refractivity contribution in [2.75, 3.05) is 7.11 Å². The van der Waals surface area contributed by atoms with Crippen molar-refractivity contribution in [3.05, 3.63) is 63.7 Å². The van der Waals surface area contributed by atoms with Crippen molar-refractivity contribution in [2.24, 2.45) is 0 Å². The smallest absolute Gasteiger partial charge is 0.357 e. The topological polar surface area (TPSA) is 92.0 Å². The SMILES string of the molecule is COc1cccc(C=C(C(=O)OCc2nc(Cl)ccc2Cl)n2nnnc2C)c1. The van der Waals surface area contributed by atoms with E-state index in [1.165, 1.54) is 4.68 Å². The third kappa shape index (κ3) is 4.65. The monoisotopic (exact) mass is 419 g/mol. The van der Waals surface area contributed by atoms with Crippen LogP contribution >= 0.6 is 23.2 Å². The number of carbonyl (C=O) groups is 1. The third-order valence-electron chi connectivity index (χ3n) is 3.68. The average Bonchev–Trinajstić information content (AvgIpc) is 3.12. The summed E-state index contributed by atoms with van der Waals surface area (Å²) in [5, 5.41) is 11.8. The fourth-order valence-electron chi connectivity index (χ4n) is 2.32. The van der Waals surface area contributed by atoms with Crippen LogP contribution < -0.4 is 4.74 Å². The van der Waals surface area contributed by atoms with E-state index >= 15 is 0 Å². The molecule has 0 saturated carbocycles. The Balaban J connectivity index is 1.90. The molecular weight excluding hydrogens is 405 g/mol. The molecule has 0 fully saturated rings. The van der Waals surface area contributed by atoms with Crippen LogP contribution in [-0.2, 0) is 16.1 Å². The van der Waals surface area contributed by atoms with Crippen LogP contribution in [0.4, 0.5) is 0 Å². The Hall–Kier alpha value is -2.97. The fraction of sp³-hybridized carbons (Fsp3) is 0.167. The number of aromatic nitrogens is 5. The van der Waals surface area contributed by atoms with Crippen LogP contribution in [-0.4, -0.2) is 38.3 Å². The van der Waals surface area contributed by atoms with Gasteiger partial charge in [-0.2, -0.15) is 4.68 Å². The predicted octanol–water partition coefficient (Wildman–Crippen LogP) is 3.43. The van der Waals surface area contributed by atoms with Gasteiger partial charge in [-0.25, -0.2) is 9.78 Å². The number of methoxy groups -OCH3 is 1. The predicted molar refractivity (Wildman–Crippen MR) is 104 cm³/mol. The molecular formula is C18H15Cl2N5O3.